The fraction of sp³-hybridized carbons (Fsp3) is 0.227. The van der Waals surface area contributed by atoms with Crippen molar-refractivity contribution in [1.82, 2.24) is 14.8 Å². The van der Waals surface area contributed by atoms with Crippen LogP contribution in [0.4, 0.5) is 4.79 Å². The molecule has 2 heterocycles. The highest BCUT2D eigenvalue weighted by Gasteiger charge is 2.31. The van der Waals surface area contributed by atoms with E-state index in [1.807, 2.05) is 53.4 Å². The predicted molar refractivity (Wildman–Crippen MR) is 108 cm³/mol. The first kappa shape index (κ1) is 17.7. The minimum atomic E-state index is -0.109. The number of rotatable bonds is 4. The van der Waals surface area contributed by atoms with Crippen molar-refractivity contribution in [2.75, 3.05) is 13.1 Å². The van der Waals surface area contributed by atoms with Crippen LogP contribution in [-0.4, -0.2) is 28.6 Å². The number of aromatic nitrogens is 1. The van der Waals surface area contributed by atoms with Crippen LogP contribution in [0.15, 0.2) is 72.9 Å². The first-order valence-corrected chi connectivity index (χ1v) is 9.59. The lowest BCUT2D eigenvalue weighted by molar-refractivity contribution is 0.169. The van der Waals surface area contributed by atoms with E-state index in [-0.39, 0.29) is 12.1 Å². The van der Waals surface area contributed by atoms with Crippen LogP contribution in [0.2, 0.25) is 5.02 Å². The fourth-order valence-corrected chi connectivity index (χ4v) is 3.78. The van der Waals surface area contributed by atoms with E-state index >= 15 is 0 Å². The predicted octanol–water partition coefficient (Wildman–Crippen LogP) is 4.50. The Labute approximate surface area is 164 Å². The zero-order valence-electron chi connectivity index (χ0n) is 15.0. The van der Waals surface area contributed by atoms with Crippen molar-refractivity contribution in [2.24, 2.45) is 0 Å². The Bertz CT molecular complexity index is 905. The summed E-state index contributed by atoms with van der Waals surface area (Å²) in [5, 5.41) is 3.78. The number of hydrogen-bond acceptors (Lipinski definition) is 1. The number of benzene rings is 2. The van der Waals surface area contributed by atoms with Gasteiger partial charge in [-0.25, -0.2) is 4.79 Å². The minimum Gasteiger partial charge on any atom is -0.348 e. The summed E-state index contributed by atoms with van der Waals surface area (Å²) in [5.74, 6) is 0. The molecule has 0 unspecified atom stereocenters. The normalized spacial score (nSPS) is 16.0. The van der Waals surface area contributed by atoms with E-state index in [4.69, 9.17) is 11.6 Å². The van der Waals surface area contributed by atoms with E-state index in [1.54, 1.807) is 0 Å². The second-order valence-electron chi connectivity index (χ2n) is 6.74. The highest BCUT2D eigenvalue weighted by molar-refractivity contribution is 6.30. The van der Waals surface area contributed by atoms with Gasteiger partial charge < -0.3 is 14.8 Å². The SMILES string of the molecule is O=C(NCCc1ccccc1)N1CCn2cccc2[C@@H]1c1ccc(Cl)cc1. The van der Waals surface area contributed by atoms with E-state index in [1.165, 1.54) is 5.56 Å². The molecule has 1 aromatic heterocycles. The number of urea groups is 1. The van der Waals surface area contributed by atoms with Gasteiger partial charge in [-0.2, -0.15) is 0 Å². The smallest absolute Gasteiger partial charge is 0.318 e. The average molecular weight is 380 g/mol. The van der Waals surface area contributed by atoms with Gasteiger partial charge in [0.1, 0.15) is 0 Å². The van der Waals surface area contributed by atoms with Crippen LogP contribution in [0.25, 0.3) is 0 Å². The molecule has 1 aliphatic rings. The molecule has 27 heavy (non-hydrogen) atoms. The van der Waals surface area contributed by atoms with Crippen LogP contribution in [0.3, 0.4) is 0 Å². The van der Waals surface area contributed by atoms with Gasteiger partial charge in [0, 0.05) is 36.5 Å². The Kier molecular flexibility index (Phi) is 5.16. The zero-order valence-corrected chi connectivity index (χ0v) is 15.8. The summed E-state index contributed by atoms with van der Waals surface area (Å²) >= 11 is 6.06. The molecule has 2 aromatic carbocycles. The van der Waals surface area contributed by atoms with Gasteiger partial charge >= 0.3 is 6.03 Å². The van der Waals surface area contributed by atoms with Crippen molar-refractivity contribution in [1.29, 1.82) is 0 Å². The number of nitrogens with one attached hydrogen (secondary N) is 1. The fourth-order valence-electron chi connectivity index (χ4n) is 3.66. The van der Waals surface area contributed by atoms with Gasteiger partial charge in [0.05, 0.1) is 6.04 Å². The number of carbonyl (C=O) groups excluding carboxylic acids is 1. The molecular formula is C22H22ClN3O. The molecular weight excluding hydrogens is 358 g/mol. The lowest BCUT2D eigenvalue weighted by Crippen LogP contribution is -2.47. The molecule has 5 heteroatoms. The Morgan fingerprint density at radius 2 is 1.78 bits per heavy atom. The Balaban J connectivity index is 1.51. The number of nitrogens with zero attached hydrogens (tertiary/aromatic N) is 2. The maximum atomic E-state index is 13.0. The average Bonchev–Trinajstić information content (AvgIpc) is 3.17. The van der Waals surface area contributed by atoms with Crippen molar-refractivity contribution in [3.8, 4) is 0 Å². The molecule has 1 atom stereocenters. The molecule has 0 spiro atoms. The van der Waals surface area contributed by atoms with E-state index in [9.17, 15) is 4.79 Å². The second kappa shape index (κ2) is 7.89. The Morgan fingerprint density at radius 1 is 1.00 bits per heavy atom. The molecule has 4 nitrogen and oxygen atoms in total. The molecule has 0 bridgehead atoms. The molecule has 3 aromatic rings. The summed E-state index contributed by atoms with van der Waals surface area (Å²) in [7, 11) is 0. The summed E-state index contributed by atoms with van der Waals surface area (Å²) < 4.78 is 2.22. The van der Waals surface area contributed by atoms with E-state index in [0.29, 0.717) is 18.1 Å². The topological polar surface area (TPSA) is 37.3 Å². The summed E-state index contributed by atoms with van der Waals surface area (Å²) in [6, 6.07) is 21.9. The van der Waals surface area contributed by atoms with Gasteiger partial charge in [-0.15, -0.1) is 0 Å². The third kappa shape index (κ3) is 3.86. The third-order valence-corrected chi connectivity index (χ3v) is 5.27. The molecule has 1 N–H and O–H groups in total. The van der Waals surface area contributed by atoms with Gasteiger partial charge in [-0.3, -0.25) is 0 Å². The van der Waals surface area contributed by atoms with Gasteiger partial charge in [0.15, 0.2) is 0 Å². The maximum Gasteiger partial charge on any atom is 0.318 e. The van der Waals surface area contributed by atoms with E-state index in [0.717, 1.165) is 24.2 Å². The third-order valence-electron chi connectivity index (χ3n) is 5.02. The molecule has 0 radical (unpaired) electrons. The van der Waals surface area contributed by atoms with Crippen molar-refractivity contribution < 1.29 is 4.79 Å². The minimum absolute atomic E-state index is 0.0293. The zero-order chi connectivity index (χ0) is 18.6. The maximum absolute atomic E-state index is 13.0. The molecule has 0 saturated heterocycles. The number of amides is 2. The van der Waals surface area contributed by atoms with Crippen LogP contribution in [0.1, 0.15) is 22.9 Å². The second-order valence-corrected chi connectivity index (χ2v) is 7.18. The number of carbonyl (C=O) groups is 1. The lowest BCUT2D eigenvalue weighted by atomic mass is 10.0. The first-order valence-electron chi connectivity index (χ1n) is 9.21. The van der Waals surface area contributed by atoms with Crippen molar-refractivity contribution in [3.05, 3.63) is 94.8 Å². The highest BCUT2D eigenvalue weighted by Crippen LogP contribution is 2.32. The number of hydrogen-bond donors (Lipinski definition) is 1. The standard InChI is InChI=1S/C22H22ClN3O/c23-19-10-8-18(9-11-19)21-20-7-4-14-25(20)15-16-26(21)22(27)24-13-12-17-5-2-1-3-6-17/h1-11,14,21H,12-13,15-16H2,(H,24,27)/t21-/m0/s1. The van der Waals surface area contributed by atoms with Gasteiger partial charge in [-0.05, 0) is 41.8 Å². The van der Waals surface area contributed by atoms with E-state index < -0.39 is 0 Å². The first-order chi connectivity index (χ1) is 13.2. The summed E-state index contributed by atoms with van der Waals surface area (Å²) in [6.45, 7) is 2.10. The van der Waals surface area contributed by atoms with Crippen LogP contribution in [-0.2, 0) is 13.0 Å². The van der Waals surface area contributed by atoms with Crippen LogP contribution in [0.5, 0.6) is 0 Å². The molecule has 1 aliphatic heterocycles. The van der Waals surface area contributed by atoms with Crippen molar-refractivity contribution in [3.63, 3.8) is 0 Å². The monoisotopic (exact) mass is 379 g/mol. The quantitative estimate of drug-likeness (QED) is 0.712. The summed E-state index contributed by atoms with van der Waals surface area (Å²) in [5.41, 5.74) is 3.42. The summed E-state index contributed by atoms with van der Waals surface area (Å²) in [6.07, 6.45) is 2.89. The Morgan fingerprint density at radius 3 is 2.56 bits per heavy atom. The van der Waals surface area contributed by atoms with Crippen LogP contribution in [0, 0.1) is 0 Å². The van der Waals surface area contributed by atoms with Crippen LogP contribution < -0.4 is 5.32 Å². The molecule has 138 valence electrons. The van der Waals surface area contributed by atoms with E-state index in [2.05, 4.69) is 34.3 Å². The molecule has 4 rings (SSSR count). The summed E-state index contributed by atoms with van der Waals surface area (Å²) in [4.78, 5) is 14.9. The number of halogens is 1. The van der Waals surface area contributed by atoms with Gasteiger partial charge in [-0.1, -0.05) is 54.1 Å². The highest BCUT2D eigenvalue weighted by atomic mass is 35.5. The molecule has 0 aliphatic carbocycles. The molecule has 2 amide bonds. The van der Waals surface area contributed by atoms with Crippen molar-refractivity contribution in [2.45, 2.75) is 19.0 Å². The lowest BCUT2D eigenvalue weighted by Gasteiger charge is -2.37. The Hall–Kier alpha value is -2.72. The molecule has 0 saturated carbocycles. The van der Waals surface area contributed by atoms with Gasteiger partial charge in [0.2, 0.25) is 0 Å². The van der Waals surface area contributed by atoms with Crippen molar-refractivity contribution >= 4 is 17.6 Å². The van der Waals surface area contributed by atoms with Crippen LogP contribution >= 0.6 is 11.6 Å². The largest absolute Gasteiger partial charge is 0.348 e. The number of fused-ring (bicyclic) bond motifs is 1. The van der Waals surface area contributed by atoms with Gasteiger partial charge in [0.25, 0.3) is 0 Å². The molecule has 0 fully saturated rings.